The molecule has 1 rings (SSSR count). The Labute approximate surface area is 191 Å². The van der Waals surface area contributed by atoms with Crippen molar-refractivity contribution in [2.24, 2.45) is 0 Å². The molecule has 1 aromatic rings. The van der Waals surface area contributed by atoms with Crippen LogP contribution in [-0.4, -0.2) is 42.5 Å². The smallest absolute Gasteiger partial charge is 0.407 e. The highest BCUT2D eigenvalue weighted by atomic mass is 32.2. The van der Waals surface area contributed by atoms with Gasteiger partial charge in [-0.3, -0.25) is 20.2 Å². The summed E-state index contributed by atoms with van der Waals surface area (Å²) >= 11 is 0. The van der Waals surface area contributed by atoms with Crippen LogP contribution in [-0.2, 0) is 14.8 Å². The lowest BCUT2D eigenvalue weighted by molar-refractivity contribution is -0.396. The molecule has 13 heteroatoms. The van der Waals surface area contributed by atoms with E-state index in [0.717, 1.165) is 12.1 Å². The number of rotatable bonds is 11. The number of hydrogen-bond donors (Lipinski definition) is 2. The van der Waals surface area contributed by atoms with E-state index in [0.29, 0.717) is 11.6 Å². The van der Waals surface area contributed by atoms with Crippen LogP contribution < -0.4 is 10.0 Å². The second-order valence-corrected chi connectivity index (χ2v) is 9.48. The van der Waals surface area contributed by atoms with Crippen molar-refractivity contribution >= 4 is 27.5 Å². The number of hydrogen-bond acceptors (Lipinski definition) is 8. The molecule has 1 atom stereocenters. The quantitative estimate of drug-likeness (QED) is 0.274. The molecule has 0 aliphatic rings. The second-order valence-electron chi connectivity index (χ2n) is 7.75. The van der Waals surface area contributed by atoms with Crippen LogP contribution in [0.3, 0.4) is 0 Å². The lowest BCUT2D eigenvalue weighted by atomic mass is 10.1. The zero-order valence-corrected chi connectivity index (χ0v) is 19.3. The van der Waals surface area contributed by atoms with Crippen molar-refractivity contribution in [1.82, 2.24) is 10.0 Å². The summed E-state index contributed by atoms with van der Waals surface area (Å²) in [5, 5.41) is 24.7. The van der Waals surface area contributed by atoms with E-state index in [1.165, 1.54) is 12.2 Å². The molecule has 1 aromatic carbocycles. The van der Waals surface area contributed by atoms with Gasteiger partial charge in [0.15, 0.2) is 4.90 Å². The van der Waals surface area contributed by atoms with E-state index >= 15 is 0 Å². The van der Waals surface area contributed by atoms with Crippen molar-refractivity contribution in [1.29, 1.82) is 0 Å². The predicted molar refractivity (Wildman–Crippen MR) is 121 cm³/mol. The predicted octanol–water partition coefficient (Wildman–Crippen LogP) is 3.36. The van der Waals surface area contributed by atoms with E-state index in [2.05, 4.69) is 23.2 Å². The molecule has 33 heavy (non-hydrogen) atoms. The lowest BCUT2D eigenvalue weighted by Crippen LogP contribution is -2.45. The molecule has 0 fully saturated rings. The highest BCUT2D eigenvalue weighted by molar-refractivity contribution is 7.89. The minimum Gasteiger partial charge on any atom is -0.444 e. The first-order chi connectivity index (χ1) is 15.2. The highest BCUT2D eigenvalue weighted by Crippen LogP contribution is 2.28. The maximum atomic E-state index is 12.8. The minimum absolute atomic E-state index is 0.139. The molecule has 12 nitrogen and oxygen atoms in total. The van der Waals surface area contributed by atoms with Gasteiger partial charge in [0.1, 0.15) is 5.60 Å². The van der Waals surface area contributed by atoms with Crippen LogP contribution in [0.5, 0.6) is 0 Å². The third kappa shape index (κ3) is 8.82. The molecule has 0 radical (unpaired) electrons. The number of nitro groups is 2. The van der Waals surface area contributed by atoms with Crippen molar-refractivity contribution in [3.63, 3.8) is 0 Å². The molecule has 1 amide bonds. The number of benzene rings is 1. The first kappa shape index (κ1) is 27.5. The fourth-order valence-electron chi connectivity index (χ4n) is 2.58. The van der Waals surface area contributed by atoms with Crippen LogP contribution >= 0.6 is 0 Å². The first-order valence-corrected chi connectivity index (χ1v) is 11.0. The largest absolute Gasteiger partial charge is 0.444 e. The Hall–Kier alpha value is -3.58. The van der Waals surface area contributed by atoms with E-state index < -0.39 is 53.9 Å². The summed E-state index contributed by atoms with van der Waals surface area (Å²) in [6.45, 7) is 11.8. The van der Waals surface area contributed by atoms with Gasteiger partial charge in [-0.15, -0.1) is 0 Å². The molecular formula is C20H26N4O8S. The van der Waals surface area contributed by atoms with Crippen LogP contribution in [0.4, 0.5) is 16.2 Å². The number of nitrogens with one attached hydrogen (secondary N) is 2. The minimum atomic E-state index is -4.47. The van der Waals surface area contributed by atoms with E-state index in [4.69, 9.17) is 4.74 Å². The van der Waals surface area contributed by atoms with Gasteiger partial charge in [0.05, 0.1) is 15.9 Å². The number of carbonyl (C=O) groups excluding carboxylic acids is 1. The number of non-ortho nitro benzene ring substituents is 1. The fourth-order valence-corrected chi connectivity index (χ4v) is 3.81. The van der Waals surface area contributed by atoms with Gasteiger partial charge in [-0.25, -0.2) is 17.9 Å². The lowest BCUT2D eigenvalue weighted by Gasteiger charge is -2.24. The van der Waals surface area contributed by atoms with E-state index in [-0.39, 0.29) is 13.0 Å². The van der Waals surface area contributed by atoms with Crippen LogP contribution in [0.15, 0.2) is 60.1 Å². The first-order valence-electron chi connectivity index (χ1n) is 9.56. The number of ether oxygens (including phenoxy) is 1. The van der Waals surface area contributed by atoms with E-state index in [9.17, 15) is 33.4 Å². The average molecular weight is 483 g/mol. The number of carbonyl (C=O) groups is 1. The third-order valence-electron chi connectivity index (χ3n) is 3.96. The molecule has 0 saturated heterocycles. The molecule has 0 saturated carbocycles. The average Bonchev–Trinajstić information content (AvgIpc) is 2.69. The second kappa shape index (κ2) is 11.3. The van der Waals surface area contributed by atoms with Gasteiger partial charge in [0.25, 0.3) is 11.4 Å². The number of nitro benzene ring substituents is 2. The Morgan fingerprint density at radius 1 is 1.21 bits per heavy atom. The molecule has 0 unspecified atom stereocenters. The number of alkyl carbamates (subject to hydrolysis) is 1. The van der Waals surface area contributed by atoms with Crippen LogP contribution in [0.1, 0.15) is 27.2 Å². The van der Waals surface area contributed by atoms with Crippen LogP contribution in [0.25, 0.3) is 0 Å². The molecular weight excluding hydrogens is 456 g/mol. The summed E-state index contributed by atoms with van der Waals surface area (Å²) < 4.78 is 32.9. The summed E-state index contributed by atoms with van der Waals surface area (Å²) in [7, 11) is -4.47. The Bertz CT molecular complexity index is 1070. The normalized spacial score (nSPS) is 13.0. The molecule has 0 aliphatic heterocycles. The Kier molecular flexibility index (Phi) is 9.43. The van der Waals surface area contributed by atoms with Gasteiger partial charge < -0.3 is 10.1 Å². The van der Waals surface area contributed by atoms with Crippen molar-refractivity contribution in [3.05, 3.63) is 75.4 Å². The topological polar surface area (TPSA) is 171 Å². The molecule has 0 aromatic heterocycles. The number of nitrogens with zero attached hydrogens (tertiary/aromatic N) is 2. The zero-order valence-electron chi connectivity index (χ0n) is 18.4. The van der Waals surface area contributed by atoms with Crippen molar-refractivity contribution in [3.8, 4) is 0 Å². The molecule has 0 aliphatic carbocycles. The monoisotopic (exact) mass is 482 g/mol. The Morgan fingerprint density at radius 2 is 1.85 bits per heavy atom. The molecule has 2 N–H and O–H groups in total. The van der Waals surface area contributed by atoms with Gasteiger partial charge >= 0.3 is 6.09 Å². The molecule has 0 heterocycles. The summed E-state index contributed by atoms with van der Waals surface area (Å²) in [5.41, 5.74) is -1.75. The Balaban J connectivity index is 3.20. The highest BCUT2D eigenvalue weighted by Gasteiger charge is 2.29. The summed E-state index contributed by atoms with van der Waals surface area (Å²) in [6, 6.07) is 1.37. The van der Waals surface area contributed by atoms with Gasteiger partial charge in [0.2, 0.25) is 10.0 Å². The fraction of sp³-hybridized carbons (Fsp3) is 0.350. The number of allylic oxidation sites excluding steroid dienone is 3. The number of sulfonamides is 1. The van der Waals surface area contributed by atoms with Gasteiger partial charge in [-0.1, -0.05) is 31.4 Å². The van der Waals surface area contributed by atoms with Crippen LogP contribution in [0, 0.1) is 20.2 Å². The molecule has 0 spiro atoms. The zero-order chi connectivity index (χ0) is 25.4. The molecule has 180 valence electrons. The summed E-state index contributed by atoms with van der Waals surface area (Å²) in [6.07, 6.45) is 3.95. The summed E-state index contributed by atoms with van der Waals surface area (Å²) in [4.78, 5) is 31.7. The van der Waals surface area contributed by atoms with E-state index in [1.54, 1.807) is 26.8 Å². The number of amides is 1. The third-order valence-corrected chi connectivity index (χ3v) is 5.43. The van der Waals surface area contributed by atoms with Crippen molar-refractivity contribution in [2.75, 3.05) is 6.54 Å². The van der Waals surface area contributed by atoms with Crippen molar-refractivity contribution < 1.29 is 27.8 Å². The maximum Gasteiger partial charge on any atom is 0.407 e. The van der Waals surface area contributed by atoms with Gasteiger partial charge in [0, 0.05) is 18.7 Å². The maximum absolute atomic E-state index is 12.8. The van der Waals surface area contributed by atoms with Gasteiger partial charge in [-0.05, 0) is 38.8 Å². The van der Waals surface area contributed by atoms with Crippen molar-refractivity contribution in [2.45, 2.75) is 43.7 Å². The molecule has 0 bridgehead atoms. The summed E-state index contributed by atoms with van der Waals surface area (Å²) in [5.74, 6) is 0. The van der Waals surface area contributed by atoms with E-state index in [1.807, 2.05) is 0 Å². The standard InChI is InChI=1S/C20H26N4O8S/c1-6-8-14(7-2)11-15(22-19(25)32-20(3,4)5)13-21-33(30,31)18-10-9-16(23(26)27)12-17(18)24(28)29/h6-10,12,15,21H,1-2,11,13H2,3-5H3,(H,22,25)/t15-/m0/s1. The van der Waals surface area contributed by atoms with Gasteiger partial charge in [-0.2, -0.15) is 0 Å². The van der Waals surface area contributed by atoms with Crippen LogP contribution in [0.2, 0.25) is 0 Å². The Morgan fingerprint density at radius 3 is 2.33 bits per heavy atom. The SMILES string of the molecule is C=CC=C(C=C)C[C@@H](CNS(=O)(=O)c1ccc([N+](=O)[O-])cc1[N+](=O)[O-])NC(=O)OC(C)(C)C.